The largest absolute Gasteiger partial charge is 0.333 e. The quantitative estimate of drug-likeness (QED) is 0.738. The Morgan fingerprint density at radius 3 is 2.33 bits per heavy atom. The van der Waals surface area contributed by atoms with Gasteiger partial charge in [-0.3, -0.25) is 9.59 Å². The van der Waals surface area contributed by atoms with Gasteiger partial charge in [-0.15, -0.1) is 12.4 Å². The number of benzene rings is 2. The van der Waals surface area contributed by atoms with E-state index in [1.807, 2.05) is 29.2 Å². The summed E-state index contributed by atoms with van der Waals surface area (Å²) in [4.78, 5) is 26.9. The van der Waals surface area contributed by atoms with Gasteiger partial charge in [0.05, 0.1) is 12.5 Å². The molecule has 0 spiro atoms. The molecule has 1 aliphatic heterocycles. The number of hydrogen-bond acceptors (Lipinski definition) is 3. The van der Waals surface area contributed by atoms with Crippen LogP contribution in [-0.2, 0) is 22.4 Å². The molecule has 5 nitrogen and oxygen atoms in total. The highest BCUT2D eigenvalue weighted by Crippen LogP contribution is 2.30. The summed E-state index contributed by atoms with van der Waals surface area (Å²) in [5, 5.41) is 6.36. The van der Waals surface area contributed by atoms with Crippen LogP contribution in [0.25, 0.3) is 0 Å². The number of piperazine rings is 1. The molecule has 1 heterocycles. The zero-order chi connectivity index (χ0) is 20.2. The van der Waals surface area contributed by atoms with Crippen molar-refractivity contribution in [2.24, 2.45) is 5.92 Å². The highest BCUT2D eigenvalue weighted by atomic mass is 35.5. The fraction of sp³-hybridized carbons (Fsp3) is 0.417. The second-order valence-electron chi connectivity index (χ2n) is 8.04. The van der Waals surface area contributed by atoms with Crippen LogP contribution >= 0.6 is 12.4 Å². The van der Waals surface area contributed by atoms with Gasteiger partial charge in [-0.25, -0.2) is 0 Å². The lowest BCUT2D eigenvalue weighted by molar-refractivity contribution is -0.133. The number of carbonyl (C=O) groups excluding carboxylic acids is 2. The van der Waals surface area contributed by atoms with Crippen LogP contribution in [0.15, 0.2) is 48.5 Å². The number of carbonyl (C=O) groups is 2. The van der Waals surface area contributed by atoms with E-state index in [2.05, 4.69) is 41.8 Å². The third kappa shape index (κ3) is 5.41. The summed E-state index contributed by atoms with van der Waals surface area (Å²) in [6, 6.07) is 16.3. The van der Waals surface area contributed by atoms with Gasteiger partial charge in [0, 0.05) is 31.2 Å². The minimum Gasteiger partial charge on any atom is -0.333 e. The smallest absolute Gasteiger partial charge is 0.227 e. The summed E-state index contributed by atoms with van der Waals surface area (Å²) < 4.78 is 0. The van der Waals surface area contributed by atoms with Crippen molar-refractivity contribution in [1.29, 1.82) is 0 Å². The monoisotopic (exact) mass is 427 g/mol. The van der Waals surface area contributed by atoms with Gasteiger partial charge in [0.2, 0.25) is 11.8 Å². The molecule has 0 bridgehead atoms. The molecule has 0 radical (unpaired) electrons. The molecule has 2 amide bonds. The Hall–Kier alpha value is -2.37. The average molecular weight is 428 g/mol. The molecule has 30 heavy (non-hydrogen) atoms. The predicted molar refractivity (Wildman–Crippen MR) is 122 cm³/mol. The molecule has 2 N–H and O–H groups in total. The van der Waals surface area contributed by atoms with Crippen LogP contribution in [-0.4, -0.2) is 36.3 Å². The van der Waals surface area contributed by atoms with E-state index in [-0.39, 0.29) is 36.2 Å². The molecule has 2 aliphatic rings. The predicted octanol–water partition coefficient (Wildman–Crippen LogP) is 3.73. The van der Waals surface area contributed by atoms with Crippen LogP contribution in [0.2, 0.25) is 0 Å². The lowest BCUT2D eigenvalue weighted by Crippen LogP contribution is -2.49. The second-order valence-corrected chi connectivity index (χ2v) is 8.04. The maximum absolute atomic E-state index is 13.1. The number of amides is 2. The molecule has 1 unspecified atom stereocenters. The normalized spacial score (nSPS) is 18.4. The van der Waals surface area contributed by atoms with Gasteiger partial charge < -0.3 is 15.5 Å². The fourth-order valence-corrected chi connectivity index (χ4v) is 3.85. The standard InChI is InChI=1S/C24H29N3O2.ClH/c1-2-17-3-7-19(8-4-17)22-16-25-13-14-27(22)23(28)15-18-5-11-21(12-6-18)26-24(29)20-9-10-20;/h3-8,11-12,20,22,25H,2,9-10,13-16H2,1H3,(H,26,29);1H. The molecule has 1 atom stereocenters. The first-order valence-corrected chi connectivity index (χ1v) is 10.6. The van der Waals surface area contributed by atoms with Crippen molar-refractivity contribution < 1.29 is 9.59 Å². The van der Waals surface area contributed by atoms with Gasteiger partial charge in [0.25, 0.3) is 0 Å². The van der Waals surface area contributed by atoms with Crippen LogP contribution < -0.4 is 10.6 Å². The number of hydrogen-bond donors (Lipinski definition) is 2. The summed E-state index contributed by atoms with van der Waals surface area (Å²) in [6.45, 7) is 4.47. The van der Waals surface area contributed by atoms with Crippen LogP contribution in [0, 0.1) is 5.92 Å². The molecule has 0 aromatic heterocycles. The topological polar surface area (TPSA) is 61.4 Å². The molecule has 1 aliphatic carbocycles. The fourth-order valence-electron chi connectivity index (χ4n) is 3.85. The molecule has 1 saturated heterocycles. The first-order valence-electron chi connectivity index (χ1n) is 10.6. The van der Waals surface area contributed by atoms with Crippen LogP contribution in [0.5, 0.6) is 0 Å². The zero-order valence-corrected chi connectivity index (χ0v) is 18.2. The first-order chi connectivity index (χ1) is 14.1. The van der Waals surface area contributed by atoms with E-state index < -0.39 is 0 Å². The molecule has 2 aromatic rings. The number of nitrogens with zero attached hydrogens (tertiary/aromatic N) is 1. The third-order valence-electron chi connectivity index (χ3n) is 5.86. The van der Waals surface area contributed by atoms with Crippen LogP contribution in [0.3, 0.4) is 0 Å². The molecular formula is C24H30ClN3O2. The SMILES string of the molecule is CCc1ccc(C2CNCCN2C(=O)Cc2ccc(NC(=O)C3CC3)cc2)cc1.Cl. The van der Waals surface area contributed by atoms with Gasteiger partial charge in [-0.2, -0.15) is 0 Å². The first kappa shape index (κ1) is 22.3. The number of halogens is 1. The summed E-state index contributed by atoms with van der Waals surface area (Å²) >= 11 is 0. The maximum Gasteiger partial charge on any atom is 0.227 e. The van der Waals surface area contributed by atoms with E-state index in [4.69, 9.17) is 0 Å². The van der Waals surface area contributed by atoms with Crippen molar-refractivity contribution in [1.82, 2.24) is 10.2 Å². The van der Waals surface area contributed by atoms with Crippen molar-refractivity contribution >= 4 is 29.9 Å². The van der Waals surface area contributed by atoms with Gasteiger partial charge in [-0.1, -0.05) is 43.3 Å². The Balaban J connectivity index is 0.00000256. The highest BCUT2D eigenvalue weighted by Gasteiger charge is 2.30. The van der Waals surface area contributed by atoms with Gasteiger partial charge in [0.15, 0.2) is 0 Å². The lowest BCUT2D eigenvalue weighted by atomic mass is 10.00. The molecule has 2 fully saturated rings. The van der Waals surface area contributed by atoms with Gasteiger partial charge >= 0.3 is 0 Å². The minimum atomic E-state index is 0. The van der Waals surface area contributed by atoms with Crippen molar-refractivity contribution in [3.8, 4) is 0 Å². The van der Waals surface area contributed by atoms with E-state index in [1.54, 1.807) is 0 Å². The van der Waals surface area contributed by atoms with E-state index in [1.165, 1.54) is 11.1 Å². The Morgan fingerprint density at radius 2 is 1.70 bits per heavy atom. The number of aryl methyl sites for hydroxylation is 1. The zero-order valence-electron chi connectivity index (χ0n) is 17.4. The molecule has 2 aromatic carbocycles. The number of rotatable bonds is 6. The van der Waals surface area contributed by atoms with Gasteiger partial charge in [-0.05, 0) is 48.1 Å². The highest BCUT2D eigenvalue weighted by molar-refractivity contribution is 5.94. The van der Waals surface area contributed by atoms with E-state index in [0.29, 0.717) is 13.0 Å². The number of anilines is 1. The van der Waals surface area contributed by atoms with Crippen LogP contribution in [0.4, 0.5) is 5.69 Å². The van der Waals surface area contributed by atoms with Gasteiger partial charge in [0.1, 0.15) is 0 Å². The lowest BCUT2D eigenvalue weighted by Gasteiger charge is -2.36. The maximum atomic E-state index is 13.1. The average Bonchev–Trinajstić information content (AvgIpc) is 3.61. The van der Waals surface area contributed by atoms with E-state index >= 15 is 0 Å². The Morgan fingerprint density at radius 1 is 1.03 bits per heavy atom. The molecular weight excluding hydrogens is 398 g/mol. The van der Waals surface area contributed by atoms with Crippen molar-refractivity contribution in [2.45, 2.75) is 38.6 Å². The summed E-state index contributed by atoms with van der Waals surface area (Å²) in [6.07, 6.45) is 3.38. The Bertz CT molecular complexity index is 863. The summed E-state index contributed by atoms with van der Waals surface area (Å²) in [7, 11) is 0. The van der Waals surface area contributed by atoms with Crippen molar-refractivity contribution in [2.75, 3.05) is 25.0 Å². The third-order valence-corrected chi connectivity index (χ3v) is 5.86. The molecule has 6 heteroatoms. The number of nitrogens with one attached hydrogen (secondary N) is 2. The van der Waals surface area contributed by atoms with E-state index in [9.17, 15) is 9.59 Å². The second kappa shape index (κ2) is 10.1. The minimum absolute atomic E-state index is 0. The summed E-state index contributed by atoms with van der Waals surface area (Å²) in [5.74, 6) is 0.435. The Labute approximate surface area is 184 Å². The Kier molecular flexibility index (Phi) is 7.51. The van der Waals surface area contributed by atoms with Crippen molar-refractivity contribution in [3.63, 3.8) is 0 Å². The van der Waals surface area contributed by atoms with Crippen LogP contribution in [0.1, 0.15) is 42.5 Å². The molecule has 160 valence electrons. The van der Waals surface area contributed by atoms with E-state index in [0.717, 1.165) is 43.6 Å². The summed E-state index contributed by atoms with van der Waals surface area (Å²) in [5.41, 5.74) is 4.26. The molecule has 1 saturated carbocycles. The molecule has 4 rings (SSSR count). The van der Waals surface area contributed by atoms with Crippen molar-refractivity contribution in [3.05, 3.63) is 65.2 Å².